The standard InChI is InChI=1S/C14H16N2O2/c1-10-4-6-12(7-5-10)9-16-13(14(17)18-3)8-11(2)15-16/h4-8H,9H2,1-3H3. The Morgan fingerprint density at radius 1 is 1.28 bits per heavy atom. The number of hydrogen-bond acceptors (Lipinski definition) is 3. The van der Waals surface area contributed by atoms with Gasteiger partial charge in [-0.25, -0.2) is 4.79 Å². The van der Waals surface area contributed by atoms with Crippen LogP contribution in [0.5, 0.6) is 0 Å². The molecule has 0 atom stereocenters. The Bertz CT molecular complexity index is 556. The molecule has 0 N–H and O–H groups in total. The van der Waals surface area contributed by atoms with E-state index >= 15 is 0 Å². The molecule has 0 aliphatic rings. The molecule has 0 saturated heterocycles. The molecule has 18 heavy (non-hydrogen) atoms. The van der Waals surface area contributed by atoms with E-state index in [1.54, 1.807) is 10.7 Å². The van der Waals surface area contributed by atoms with Crippen LogP contribution in [0.1, 0.15) is 27.3 Å². The van der Waals surface area contributed by atoms with Gasteiger partial charge in [0.15, 0.2) is 0 Å². The van der Waals surface area contributed by atoms with Gasteiger partial charge >= 0.3 is 5.97 Å². The Kier molecular flexibility index (Phi) is 3.46. The molecule has 94 valence electrons. The molecule has 0 spiro atoms. The summed E-state index contributed by atoms with van der Waals surface area (Å²) in [5, 5.41) is 4.31. The Balaban J connectivity index is 2.28. The Labute approximate surface area is 106 Å². The van der Waals surface area contributed by atoms with E-state index in [9.17, 15) is 4.79 Å². The number of hydrogen-bond donors (Lipinski definition) is 0. The molecule has 1 heterocycles. The minimum absolute atomic E-state index is 0.359. The highest BCUT2D eigenvalue weighted by atomic mass is 16.5. The van der Waals surface area contributed by atoms with Crippen molar-refractivity contribution in [3.05, 3.63) is 52.8 Å². The third kappa shape index (κ3) is 2.59. The molecule has 0 unspecified atom stereocenters. The summed E-state index contributed by atoms with van der Waals surface area (Å²) < 4.78 is 6.42. The summed E-state index contributed by atoms with van der Waals surface area (Å²) in [5.74, 6) is -0.359. The first-order valence-corrected chi connectivity index (χ1v) is 5.78. The molecular weight excluding hydrogens is 228 g/mol. The van der Waals surface area contributed by atoms with Gasteiger partial charge in [-0.2, -0.15) is 5.10 Å². The maximum absolute atomic E-state index is 11.6. The number of benzene rings is 1. The zero-order valence-corrected chi connectivity index (χ0v) is 10.8. The van der Waals surface area contributed by atoms with E-state index in [4.69, 9.17) is 4.74 Å². The topological polar surface area (TPSA) is 44.1 Å². The van der Waals surface area contributed by atoms with Gasteiger partial charge in [-0.15, -0.1) is 0 Å². The number of carbonyl (C=O) groups is 1. The summed E-state index contributed by atoms with van der Waals surface area (Å²) in [6.07, 6.45) is 0. The quantitative estimate of drug-likeness (QED) is 0.778. The molecule has 4 heteroatoms. The fourth-order valence-electron chi connectivity index (χ4n) is 1.80. The lowest BCUT2D eigenvalue weighted by Crippen LogP contribution is -2.12. The van der Waals surface area contributed by atoms with Crippen LogP contribution in [0.4, 0.5) is 0 Å². The molecule has 4 nitrogen and oxygen atoms in total. The van der Waals surface area contributed by atoms with Crippen molar-refractivity contribution in [1.29, 1.82) is 0 Å². The Hall–Kier alpha value is -2.10. The molecule has 0 fully saturated rings. The molecule has 0 bridgehead atoms. The molecule has 2 rings (SSSR count). The SMILES string of the molecule is COC(=O)c1cc(C)nn1Cc1ccc(C)cc1. The highest BCUT2D eigenvalue weighted by Gasteiger charge is 2.14. The van der Waals surface area contributed by atoms with E-state index in [-0.39, 0.29) is 5.97 Å². The molecular formula is C14H16N2O2. The number of aromatic nitrogens is 2. The fourth-order valence-corrected chi connectivity index (χ4v) is 1.80. The Morgan fingerprint density at radius 3 is 2.56 bits per heavy atom. The summed E-state index contributed by atoms with van der Waals surface area (Å²) in [4.78, 5) is 11.6. The number of aryl methyl sites for hydroxylation is 2. The van der Waals surface area contributed by atoms with Gasteiger partial charge in [-0.1, -0.05) is 29.8 Å². The summed E-state index contributed by atoms with van der Waals surface area (Å²) in [6, 6.07) is 9.90. The van der Waals surface area contributed by atoms with Gasteiger partial charge in [-0.3, -0.25) is 4.68 Å². The van der Waals surface area contributed by atoms with Crippen molar-refractivity contribution in [2.75, 3.05) is 7.11 Å². The van der Waals surface area contributed by atoms with E-state index in [1.165, 1.54) is 12.7 Å². The second-order valence-corrected chi connectivity index (χ2v) is 4.31. The molecule has 0 aliphatic carbocycles. The van der Waals surface area contributed by atoms with Crippen LogP contribution < -0.4 is 0 Å². The van der Waals surface area contributed by atoms with Gasteiger partial charge in [0.2, 0.25) is 0 Å². The highest BCUT2D eigenvalue weighted by Crippen LogP contribution is 2.10. The van der Waals surface area contributed by atoms with Gasteiger partial charge in [0.25, 0.3) is 0 Å². The van der Waals surface area contributed by atoms with Crippen molar-refractivity contribution in [3.8, 4) is 0 Å². The molecule has 1 aromatic heterocycles. The number of ether oxygens (including phenoxy) is 1. The monoisotopic (exact) mass is 244 g/mol. The van der Waals surface area contributed by atoms with Crippen LogP contribution in [-0.4, -0.2) is 22.9 Å². The van der Waals surface area contributed by atoms with E-state index in [0.717, 1.165) is 11.3 Å². The Morgan fingerprint density at radius 2 is 1.94 bits per heavy atom. The first-order chi connectivity index (χ1) is 8.60. The third-order valence-corrected chi connectivity index (χ3v) is 2.75. The predicted molar refractivity (Wildman–Crippen MR) is 68.6 cm³/mol. The molecule has 0 amide bonds. The van der Waals surface area contributed by atoms with Crippen molar-refractivity contribution >= 4 is 5.97 Å². The average molecular weight is 244 g/mol. The maximum atomic E-state index is 11.6. The van der Waals surface area contributed by atoms with E-state index in [2.05, 4.69) is 5.10 Å². The number of nitrogens with zero attached hydrogens (tertiary/aromatic N) is 2. The summed E-state index contributed by atoms with van der Waals surface area (Å²) in [6.45, 7) is 4.47. The van der Waals surface area contributed by atoms with Gasteiger partial charge in [0.1, 0.15) is 5.69 Å². The first kappa shape index (κ1) is 12.4. The lowest BCUT2D eigenvalue weighted by Gasteiger charge is -2.06. The van der Waals surface area contributed by atoms with Crippen molar-refractivity contribution in [3.63, 3.8) is 0 Å². The zero-order chi connectivity index (χ0) is 13.1. The number of esters is 1. The van der Waals surface area contributed by atoms with Gasteiger partial charge < -0.3 is 4.74 Å². The normalized spacial score (nSPS) is 10.4. The van der Waals surface area contributed by atoms with Crippen molar-refractivity contribution in [2.45, 2.75) is 20.4 Å². The molecule has 0 aliphatic heterocycles. The minimum atomic E-state index is -0.359. The molecule has 0 radical (unpaired) electrons. The van der Waals surface area contributed by atoms with Crippen molar-refractivity contribution in [1.82, 2.24) is 9.78 Å². The van der Waals surface area contributed by atoms with Crippen LogP contribution >= 0.6 is 0 Å². The zero-order valence-electron chi connectivity index (χ0n) is 10.8. The molecule has 2 aromatic rings. The maximum Gasteiger partial charge on any atom is 0.356 e. The van der Waals surface area contributed by atoms with Gasteiger partial charge in [0, 0.05) is 0 Å². The largest absolute Gasteiger partial charge is 0.464 e. The highest BCUT2D eigenvalue weighted by molar-refractivity contribution is 5.87. The van der Waals surface area contributed by atoms with Crippen LogP contribution in [-0.2, 0) is 11.3 Å². The van der Waals surface area contributed by atoms with Crippen LogP contribution in [0, 0.1) is 13.8 Å². The van der Waals surface area contributed by atoms with Crippen LogP contribution in [0.25, 0.3) is 0 Å². The number of methoxy groups -OCH3 is 1. The number of rotatable bonds is 3. The average Bonchev–Trinajstić information content (AvgIpc) is 2.72. The minimum Gasteiger partial charge on any atom is -0.464 e. The molecule has 1 aromatic carbocycles. The number of carbonyl (C=O) groups excluding carboxylic acids is 1. The van der Waals surface area contributed by atoms with Crippen molar-refractivity contribution < 1.29 is 9.53 Å². The predicted octanol–water partition coefficient (Wildman–Crippen LogP) is 2.33. The van der Waals surface area contributed by atoms with Crippen LogP contribution in [0.2, 0.25) is 0 Å². The van der Waals surface area contributed by atoms with Gasteiger partial charge in [0.05, 0.1) is 19.3 Å². The van der Waals surface area contributed by atoms with E-state index < -0.39 is 0 Å². The fraction of sp³-hybridized carbons (Fsp3) is 0.286. The van der Waals surface area contributed by atoms with Crippen LogP contribution in [0.15, 0.2) is 30.3 Å². The van der Waals surface area contributed by atoms with Crippen molar-refractivity contribution in [2.24, 2.45) is 0 Å². The van der Waals surface area contributed by atoms with E-state index in [1.807, 2.05) is 38.1 Å². The summed E-state index contributed by atoms with van der Waals surface area (Å²) in [7, 11) is 1.38. The van der Waals surface area contributed by atoms with Crippen LogP contribution in [0.3, 0.4) is 0 Å². The summed E-state index contributed by atoms with van der Waals surface area (Å²) >= 11 is 0. The smallest absolute Gasteiger partial charge is 0.356 e. The second-order valence-electron chi connectivity index (χ2n) is 4.31. The van der Waals surface area contributed by atoms with Gasteiger partial charge in [-0.05, 0) is 25.5 Å². The van der Waals surface area contributed by atoms with E-state index in [0.29, 0.717) is 12.2 Å². The molecule has 0 saturated carbocycles. The third-order valence-electron chi connectivity index (χ3n) is 2.75. The second kappa shape index (κ2) is 5.04. The first-order valence-electron chi connectivity index (χ1n) is 5.78. The lowest BCUT2D eigenvalue weighted by molar-refractivity contribution is 0.0587. The lowest BCUT2D eigenvalue weighted by atomic mass is 10.1. The summed E-state index contributed by atoms with van der Waals surface area (Å²) in [5.41, 5.74) is 3.61.